The average molecular weight is 319 g/mol. The molecule has 1 aliphatic heterocycles. The van der Waals surface area contributed by atoms with E-state index < -0.39 is 11.9 Å². The topological polar surface area (TPSA) is 73.6 Å². The number of hydrogen-bond donors (Lipinski definition) is 2. The van der Waals surface area contributed by atoms with Crippen LogP contribution >= 0.6 is 12.4 Å². The molecule has 0 saturated carbocycles. The first-order valence-electron chi connectivity index (χ1n) is 6.72. The minimum absolute atomic E-state index is 0. The number of halogens is 2. The van der Waals surface area contributed by atoms with E-state index in [1.807, 2.05) is 0 Å². The minimum atomic E-state index is -0.511. The maximum absolute atomic E-state index is 13.2. The van der Waals surface area contributed by atoms with Crippen LogP contribution in [-0.4, -0.2) is 31.3 Å². The number of rotatable bonds is 5. The summed E-state index contributed by atoms with van der Waals surface area (Å²) in [5, 5.41) is 2.71. The van der Waals surface area contributed by atoms with E-state index in [0.29, 0.717) is 31.0 Å². The van der Waals surface area contributed by atoms with Gasteiger partial charge >= 0.3 is 0 Å². The zero-order valence-corrected chi connectivity index (χ0v) is 12.6. The van der Waals surface area contributed by atoms with E-state index in [4.69, 9.17) is 15.2 Å². The molecule has 2 rings (SSSR count). The van der Waals surface area contributed by atoms with E-state index >= 15 is 0 Å². The van der Waals surface area contributed by atoms with Gasteiger partial charge in [0.1, 0.15) is 17.7 Å². The second-order valence-electron chi connectivity index (χ2n) is 4.62. The molecule has 5 nitrogen and oxygen atoms in total. The molecule has 1 aromatic rings. The molecule has 1 aromatic carbocycles. The highest BCUT2D eigenvalue weighted by molar-refractivity contribution is 5.95. The van der Waals surface area contributed by atoms with Gasteiger partial charge in [-0.05, 0) is 31.9 Å². The van der Waals surface area contributed by atoms with Crippen LogP contribution in [0.3, 0.4) is 0 Å². The molecule has 2 atom stereocenters. The van der Waals surface area contributed by atoms with Crippen molar-refractivity contribution >= 4 is 24.0 Å². The van der Waals surface area contributed by atoms with E-state index in [1.54, 1.807) is 6.92 Å². The van der Waals surface area contributed by atoms with Crippen molar-refractivity contribution in [2.75, 3.05) is 18.5 Å². The van der Waals surface area contributed by atoms with Gasteiger partial charge in [-0.15, -0.1) is 12.4 Å². The Balaban J connectivity index is 0.00000220. The van der Waals surface area contributed by atoms with Crippen LogP contribution in [0.4, 0.5) is 10.1 Å². The van der Waals surface area contributed by atoms with Gasteiger partial charge in [0, 0.05) is 12.6 Å². The van der Waals surface area contributed by atoms with Crippen LogP contribution in [0.25, 0.3) is 0 Å². The maximum Gasteiger partial charge on any atom is 0.253 e. The molecule has 1 heterocycles. The molecule has 0 unspecified atom stereocenters. The molecule has 1 fully saturated rings. The number of hydrogen-bond acceptors (Lipinski definition) is 4. The summed E-state index contributed by atoms with van der Waals surface area (Å²) in [5.41, 5.74) is 5.95. The van der Waals surface area contributed by atoms with Gasteiger partial charge in [-0.2, -0.15) is 0 Å². The number of nitrogens with two attached hydrogens (primary N) is 1. The van der Waals surface area contributed by atoms with Crippen LogP contribution in [0.5, 0.6) is 5.75 Å². The molecule has 1 aliphatic rings. The Hall–Kier alpha value is -1.37. The predicted molar refractivity (Wildman–Crippen MR) is 80.4 cm³/mol. The van der Waals surface area contributed by atoms with Gasteiger partial charge in [0.15, 0.2) is 0 Å². The molecule has 0 aromatic heterocycles. The van der Waals surface area contributed by atoms with Crippen LogP contribution < -0.4 is 15.8 Å². The van der Waals surface area contributed by atoms with E-state index in [2.05, 4.69) is 5.32 Å². The number of carbonyl (C=O) groups excluding carboxylic acids is 1. The molecule has 0 aliphatic carbocycles. The highest BCUT2D eigenvalue weighted by Crippen LogP contribution is 2.27. The van der Waals surface area contributed by atoms with Gasteiger partial charge in [0.25, 0.3) is 5.91 Å². The molecule has 0 radical (unpaired) electrons. The number of anilines is 1. The molecule has 21 heavy (non-hydrogen) atoms. The number of ether oxygens (including phenoxy) is 2. The first-order chi connectivity index (χ1) is 9.63. The Labute approximate surface area is 129 Å². The Morgan fingerprint density at radius 3 is 2.90 bits per heavy atom. The summed E-state index contributed by atoms with van der Waals surface area (Å²) in [4.78, 5) is 12.1. The number of carbonyl (C=O) groups is 1. The van der Waals surface area contributed by atoms with Crippen molar-refractivity contribution in [1.29, 1.82) is 0 Å². The maximum atomic E-state index is 13.2. The fourth-order valence-corrected chi connectivity index (χ4v) is 2.16. The van der Waals surface area contributed by atoms with E-state index in [9.17, 15) is 9.18 Å². The summed E-state index contributed by atoms with van der Waals surface area (Å²) in [7, 11) is 0. The molecule has 7 heteroatoms. The Morgan fingerprint density at radius 1 is 1.52 bits per heavy atom. The Bertz CT molecular complexity index is 487. The minimum Gasteiger partial charge on any atom is -0.492 e. The van der Waals surface area contributed by atoms with E-state index in [0.717, 1.165) is 6.42 Å². The van der Waals surface area contributed by atoms with Crippen molar-refractivity contribution in [1.82, 2.24) is 0 Å². The lowest BCUT2D eigenvalue weighted by molar-refractivity contribution is -0.126. The highest BCUT2D eigenvalue weighted by Gasteiger charge is 2.30. The Morgan fingerprint density at radius 2 is 2.29 bits per heavy atom. The van der Waals surface area contributed by atoms with Crippen molar-refractivity contribution in [3.05, 3.63) is 24.0 Å². The standard InChI is InChI=1S/C14H19FN2O3.ClH/c1-2-19-13-7-9(15)3-5-11(13)17-14(18)12-6-4-10(8-16)20-12;/h3,5,7,10,12H,2,4,6,8,16H2,1H3,(H,17,18);1H/t10-,12+;/m1./s1. The van der Waals surface area contributed by atoms with Crippen LogP contribution in [0.15, 0.2) is 18.2 Å². The fraction of sp³-hybridized carbons (Fsp3) is 0.500. The molecule has 1 amide bonds. The third-order valence-electron chi connectivity index (χ3n) is 3.16. The molecule has 0 spiro atoms. The van der Waals surface area contributed by atoms with Crippen LogP contribution in [0, 0.1) is 5.82 Å². The SMILES string of the molecule is CCOc1cc(F)ccc1NC(=O)[C@@H]1CC[C@H](CN)O1.Cl. The van der Waals surface area contributed by atoms with Crippen molar-refractivity contribution in [3.63, 3.8) is 0 Å². The third kappa shape index (κ3) is 4.56. The first-order valence-corrected chi connectivity index (χ1v) is 6.72. The number of amides is 1. The summed E-state index contributed by atoms with van der Waals surface area (Å²) >= 11 is 0. The van der Waals surface area contributed by atoms with Gasteiger partial charge in [-0.3, -0.25) is 4.79 Å². The molecule has 118 valence electrons. The number of nitrogens with one attached hydrogen (secondary N) is 1. The number of benzene rings is 1. The smallest absolute Gasteiger partial charge is 0.253 e. The lowest BCUT2D eigenvalue weighted by Crippen LogP contribution is -2.30. The van der Waals surface area contributed by atoms with Crippen LogP contribution in [0.1, 0.15) is 19.8 Å². The van der Waals surface area contributed by atoms with Gasteiger partial charge in [-0.1, -0.05) is 0 Å². The predicted octanol–water partition coefficient (Wildman–Crippen LogP) is 2.09. The largest absolute Gasteiger partial charge is 0.492 e. The summed E-state index contributed by atoms with van der Waals surface area (Å²) in [6.07, 6.45) is 0.836. The summed E-state index contributed by atoms with van der Waals surface area (Å²) in [5.74, 6) is -0.352. The fourth-order valence-electron chi connectivity index (χ4n) is 2.16. The average Bonchev–Trinajstić information content (AvgIpc) is 2.91. The van der Waals surface area contributed by atoms with E-state index in [1.165, 1.54) is 18.2 Å². The lowest BCUT2D eigenvalue weighted by atomic mass is 10.2. The van der Waals surface area contributed by atoms with Crippen molar-refractivity contribution < 1.29 is 18.7 Å². The van der Waals surface area contributed by atoms with Gasteiger partial charge < -0.3 is 20.5 Å². The second-order valence-corrected chi connectivity index (χ2v) is 4.62. The van der Waals surface area contributed by atoms with E-state index in [-0.39, 0.29) is 24.4 Å². The van der Waals surface area contributed by atoms with Crippen molar-refractivity contribution in [3.8, 4) is 5.75 Å². The monoisotopic (exact) mass is 318 g/mol. The van der Waals surface area contributed by atoms with Crippen LogP contribution in [0.2, 0.25) is 0 Å². The molecule has 0 bridgehead atoms. The highest BCUT2D eigenvalue weighted by atomic mass is 35.5. The molecular formula is C14H20ClFN2O3. The lowest BCUT2D eigenvalue weighted by Gasteiger charge is -2.15. The zero-order valence-electron chi connectivity index (χ0n) is 11.8. The van der Waals surface area contributed by atoms with Gasteiger partial charge in [-0.25, -0.2) is 4.39 Å². The second kappa shape index (κ2) is 8.17. The van der Waals surface area contributed by atoms with Gasteiger partial charge in [0.2, 0.25) is 0 Å². The quantitative estimate of drug-likeness (QED) is 0.872. The Kier molecular flexibility index (Phi) is 6.87. The van der Waals surface area contributed by atoms with Gasteiger partial charge in [0.05, 0.1) is 18.4 Å². The first kappa shape index (κ1) is 17.7. The van der Waals surface area contributed by atoms with Crippen molar-refractivity contribution in [2.24, 2.45) is 5.73 Å². The normalized spacial score (nSPS) is 20.7. The third-order valence-corrected chi connectivity index (χ3v) is 3.16. The summed E-state index contributed by atoms with van der Waals surface area (Å²) in [6, 6.07) is 4.00. The molecule has 3 N–H and O–H groups in total. The summed E-state index contributed by atoms with van der Waals surface area (Å²) < 4.78 is 24.0. The molecular weight excluding hydrogens is 299 g/mol. The van der Waals surface area contributed by atoms with Crippen molar-refractivity contribution in [2.45, 2.75) is 32.0 Å². The van der Waals surface area contributed by atoms with Crippen LogP contribution in [-0.2, 0) is 9.53 Å². The zero-order chi connectivity index (χ0) is 14.5. The molecule has 1 saturated heterocycles. The summed E-state index contributed by atoms with van der Waals surface area (Å²) in [6.45, 7) is 2.59.